The molecule has 3 rings (SSSR count). The van der Waals surface area contributed by atoms with Gasteiger partial charge in [0.25, 0.3) is 0 Å². The Morgan fingerprint density at radius 2 is 1.75 bits per heavy atom. The Morgan fingerprint density at radius 3 is 2.54 bits per heavy atom. The minimum Gasteiger partial charge on any atom is -0.454 e. The lowest BCUT2D eigenvalue weighted by atomic mass is 10.1. The molecule has 0 atom stereocenters. The van der Waals surface area contributed by atoms with Crippen LogP contribution in [0.1, 0.15) is 37.3 Å². The van der Waals surface area contributed by atoms with E-state index in [0.717, 1.165) is 35.5 Å². The fraction of sp³-hybridized carbons (Fsp3) is 0.350. The number of ether oxygens (including phenoxy) is 2. The summed E-state index contributed by atoms with van der Waals surface area (Å²) in [7, 11) is 0. The first-order valence-electron chi connectivity index (χ1n) is 8.46. The summed E-state index contributed by atoms with van der Waals surface area (Å²) in [5.74, 6) is 1.72. The first-order chi connectivity index (χ1) is 11.8. The molecule has 0 radical (unpaired) electrons. The summed E-state index contributed by atoms with van der Waals surface area (Å²) in [5, 5.41) is 0. The first kappa shape index (κ1) is 16.4. The molecule has 1 heterocycles. The van der Waals surface area contributed by atoms with E-state index in [1.54, 1.807) is 0 Å². The normalized spacial score (nSPS) is 12.2. The van der Waals surface area contributed by atoms with E-state index in [1.165, 1.54) is 0 Å². The van der Waals surface area contributed by atoms with Gasteiger partial charge in [-0.05, 0) is 29.7 Å². The molecule has 126 valence electrons. The summed E-state index contributed by atoms with van der Waals surface area (Å²) < 4.78 is 10.8. The summed E-state index contributed by atoms with van der Waals surface area (Å²) in [6.45, 7) is 3.57. The Hall–Kier alpha value is -2.49. The van der Waals surface area contributed by atoms with Crippen molar-refractivity contribution in [2.75, 3.05) is 6.79 Å². The van der Waals surface area contributed by atoms with Gasteiger partial charge in [0.15, 0.2) is 11.5 Å². The molecule has 0 N–H and O–H groups in total. The van der Waals surface area contributed by atoms with Crippen molar-refractivity contribution in [3.8, 4) is 11.5 Å². The van der Waals surface area contributed by atoms with Crippen molar-refractivity contribution in [1.29, 1.82) is 0 Å². The topological polar surface area (TPSA) is 38.8 Å². The average Bonchev–Trinajstić information content (AvgIpc) is 3.07. The first-order valence-corrected chi connectivity index (χ1v) is 8.46. The van der Waals surface area contributed by atoms with Crippen molar-refractivity contribution < 1.29 is 14.3 Å². The smallest absolute Gasteiger partial charge is 0.231 e. The molecule has 2 aromatic rings. The van der Waals surface area contributed by atoms with Crippen LogP contribution < -0.4 is 9.47 Å². The maximum Gasteiger partial charge on any atom is 0.231 e. The summed E-state index contributed by atoms with van der Waals surface area (Å²) in [5.41, 5.74) is 2.20. The largest absolute Gasteiger partial charge is 0.454 e. The molecule has 0 fully saturated rings. The van der Waals surface area contributed by atoms with E-state index in [9.17, 15) is 4.79 Å². The van der Waals surface area contributed by atoms with Crippen LogP contribution in [0.3, 0.4) is 0 Å². The molecule has 1 aliphatic heterocycles. The number of nitrogens with zero attached hydrogens (tertiary/aromatic N) is 1. The highest BCUT2D eigenvalue weighted by molar-refractivity contribution is 5.76. The maximum atomic E-state index is 12.6. The number of carbonyl (C=O) groups is 1. The summed E-state index contributed by atoms with van der Waals surface area (Å²) >= 11 is 0. The van der Waals surface area contributed by atoms with Crippen LogP contribution >= 0.6 is 0 Å². The second-order valence-corrected chi connectivity index (χ2v) is 6.03. The molecule has 2 aromatic carbocycles. The number of hydrogen-bond acceptors (Lipinski definition) is 3. The minimum atomic E-state index is 0.193. The van der Waals surface area contributed by atoms with Gasteiger partial charge in [-0.15, -0.1) is 0 Å². The van der Waals surface area contributed by atoms with E-state index in [-0.39, 0.29) is 12.7 Å². The molecule has 0 unspecified atom stereocenters. The highest BCUT2D eigenvalue weighted by Crippen LogP contribution is 2.33. The van der Waals surface area contributed by atoms with Crippen LogP contribution in [0.15, 0.2) is 48.5 Å². The highest BCUT2D eigenvalue weighted by atomic mass is 16.7. The maximum absolute atomic E-state index is 12.6. The van der Waals surface area contributed by atoms with Gasteiger partial charge in [0.2, 0.25) is 12.7 Å². The Bertz CT molecular complexity index is 685. The second kappa shape index (κ2) is 7.86. The predicted octanol–water partition coefficient (Wildman–Crippen LogP) is 4.13. The van der Waals surface area contributed by atoms with Gasteiger partial charge in [-0.25, -0.2) is 0 Å². The molecule has 1 amide bonds. The SMILES string of the molecule is CCCCC(=O)N(Cc1ccccc1)Cc1ccc2c(c1)OCO2. The number of benzene rings is 2. The third-order valence-electron chi connectivity index (χ3n) is 4.12. The third-order valence-corrected chi connectivity index (χ3v) is 4.12. The Morgan fingerprint density at radius 1 is 1.00 bits per heavy atom. The number of carbonyl (C=O) groups excluding carboxylic acids is 1. The van der Waals surface area contributed by atoms with Gasteiger partial charge >= 0.3 is 0 Å². The quantitative estimate of drug-likeness (QED) is 0.768. The summed E-state index contributed by atoms with van der Waals surface area (Å²) in [4.78, 5) is 14.5. The van der Waals surface area contributed by atoms with Gasteiger partial charge in [0.05, 0.1) is 0 Å². The zero-order chi connectivity index (χ0) is 16.8. The Balaban J connectivity index is 1.74. The van der Waals surface area contributed by atoms with Crippen molar-refractivity contribution in [1.82, 2.24) is 4.90 Å². The van der Waals surface area contributed by atoms with E-state index in [4.69, 9.17) is 9.47 Å². The molecule has 4 heteroatoms. The number of amides is 1. The monoisotopic (exact) mass is 325 g/mol. The molecular formula is C20H23NO3. The molecule has 24 heavy (non-hydrogen) atoms. The van der Waals surface area contributed by atoms with Crippen LogP contribution in [-0.4, -0.2) is 17.6 Å². The highest BCUT2D eigenvalue weighted by Gasteiger charge is 2.17. The van der Waals surface area contributed by atoms with Crippen LogP contribution in [0, 0.1) is 0 Å². The molecular weight excluding hydrogens is 302 g/mol. The van der Waals surface area contributed by atoms with Crippen molar-refractivity contribution in [2.24, 2.45) is 0 Å². The van der Waals surface area contributed by atoms with Gasteiger partial charge in [-0.3, -0.25) is 4.79 Å². The van der Waals surface area contributed by atoms with Crippen LogP contribution in [0.5, 0.6) is 11.5 Å². The van der Waals surface area contributed by atoms with Crippen molar-refractivity contribution >= 4 is 5.91 Å². The minimum absolute atomic E-state index is 0.193. The van der Waals surface area contributed by atoms with Crippen molar-refractivity contribution in [2.45, 2.75) is 39.3 Å². The Labute approximate surface area is 143 Å². The molecule has 0 bridgehead atoms. The van der Waals surface area contributed by atoms with Crippen LogP contribution in [-0.2, 0) is 17.9 Å². The fourth-order valence-electron chi connectivity index (χ4n) is 2.78. The van der Waals surface area contributed by atoms with Gasteiger partial charge in [-0.2, -0.15) is 0 Å². The zero-order valence-corrected chi connectivity index (χ0v) is 14.0. The standard InChI is InChI=1S/C20H23NO3/c1-2-3-9-20(22)21(13-16-7-5-4-6-8-16)14-17-10-11-18-19(12-17)24-15-23-18/h4-8,10-12H,2-3,9,13-15H2,1H3. The van der Waals surface area contributed by atoms with Crippen molar-refractivity contribution in [3.63, 3.8) is 0 Å². The zero-order valence-electron chi connectivity index (χ0n) is 14.0. The summed E-state index contributed by atoms with van der Waals surface area (Å²) in [6.07, 6.45) is 2.54. The third kappa shape index (κ3) is 4.07. The number of fused-ring (bicyclic) bond motifs is 1. The van der Waals surface area contributed by atoms with E-state index in [2.05, 4.69) is 19.1 Å². The Kier molecular flexibility index (Phi) is 5.36. The van der Waals surface area contributed by atoms with Gasteiger partial charge in [0, 0.05) is 19.5 Å². The molecule has 1 aliphatic rings. The van der Waals surface area contributed by atoms with Crippen LogP contribution in [0.4, 0.5) is 0 Å². The molecule has 0 aromatic heterocycles. The van der Waals surface area contributed by atoms with E-state index >= 15 is 0 Å². The van der Waals surface area contributed by atoms with E-state index < -0.39 is 0 Å². The molecule has 0 aliphatic carbocycles. The van der Waals surface area contributed by atoms with Gasteiger partial charge < -0.3 is 14.4 Å². The lowest BCUT2D eigenvalue weighted by Gasteiger charge is -2.23. The van der Waals surface area contributed by atoms with E-state index in [0.29, 0.717) is 19.5 Å². The lowest BCUT2D eigenvalue weighted by Crippen LogP contribution is -2.29. The van der Waals surface area contributed by atoms with E-state index in [1.807, 2.05) is 41.3 Å². The summed E-state index contributed by atoms with van der Waals surface area (Å²) in [6, 6.07) is 16.0. The number of unbranched alkanes of at least 4 members (excludes halogenated alkanes) is 1. The average molecular weight is 325 g/mol. The number of rotatable bonds is 7. The second-order valence-electron chi connectivity index (χ2n) is 6.03. The molecule has 0 saturated heterocycles. The molecule has 0 saturated carbocycles. The molecule has 0 spiro atoms. The number of hydrogen-bond donors (Lipinski definition) is 0. The van der Waals surface area contributed by atoms with Gasteiger partial charge in [0.1, 0.15) is 0 Å². The fourth-order valence-corrected chi connectivity index (χ4v) is 2.78. The predicted molar refractivity (Wildman–Crippen MR) is 92.8 cm³/mol. The van der Waals surface area contributed by atoms with Gasteiger partial charge in [-0.1, -0.05) is 49.7 Å². The van der Waals surface area contributed by atoms with Crippen LogP contribution in [0.2, 0.25) is 0 Å². The van der Waals surface area contributed by atoms with Crippen LogP contribution in [0.25, 0.3) is 0 Å². The van der Waals surface area contributed by atoms with Crippen molar-refractivity contribution in [3.05, 3.63) is 59.7 Å². The lowest BCUT2D eigenvalue weighted by molar-refractivity contribution is -0.132. The molecule has 4 nitrogen and oxygen atoms in total.